The van der Waals surface area contributed by atoms with Crippen molar-refractivity contribution in [2.24, 2.45) is 0 Å². The molecule has 4 nitrogen and oxygen atoms in total. The molecule has 2 aromatic carbocycles. The predicted molar refractivity (Wildman–Crippen MR) is 90.1 cm³/mol. The van der Waals surface area contributed by atoms with Gasteiger partial charge >= 0.3 is 5.97 Å². The molecular weight excluding hydrogens is 312 g/mol. The molecule has 5 heteroatoms. The van der Waals surface area contributed by atoms with Gasteiger partial charge in [-0.25, -0.2) is 4.79 Å². The summed E-state index contributed by atoms with van der Waals surface area (Å²) in [5.74, 6) is -0.0992. The van der Waals surface area contributed by atoms with Crippen LogP contribution in [0.25, 0.3) is 0 Å². The summed E-state index contributed by atoms with van der Waals surface area (Å²) >= 11 is 1.52. The molecule has 0 amide bonds. The maximum atomic E-state index is 12.6. The third-order valence-corrected chi connectivity index (χ3v) is 4.14. The number of hydrogen-bond acceptors (Lipinski definition) is 5. The highest BCUT2D eigenvalue weighted by Gasteiger charge is 2.18. The van der Waals surface area contributed by atoms with E-state index in [9.17, 15) is 9.59 Å². The zero-order valence-corrected chi connectivity index (χ0v) is 13.6. The van der Waals surface area contributed by atoms with E-state index >= 15 is 0 Å². The first kappa shape index (κ1) is 17.2. The topological polar surface area (TPSA) is 63.6 Å². The van der Waals surface area contributed by atoms with Gasteiger partial charge in [-0.3, -0.25) is 4.79 Å². The summed E-state index contributed by atoms with van der Waals surface area (Å²) < 4.78 is 5.00. The molecule has 0 saturated carbocycles. The van der Waals surface area contributed by atoms with E-state index < -0.39 is 5.97 Å². The molecule has 2 rings (SSSR count). The van der Waals surface area contributed by atoms with Crippen molar-refractivity contribution < 1.29 is 19.4 Å². The molecule has 1 N–H and O–H groups in total. The molecule has 0 aliphatic rings. The minimum absolute atomic E-state index is 0.109. The van der Waals surface area contributed by atoms with Crippen LogP contribution in [-0.2, 0) is 4.74 Å². The number of carbonyl (C=O) groups excluding carboxylic acids is 2. The van der Waals surface area contributed by atoms with E-state index in [0.717, 1.165) is 4.90 Å². The Hall–Kier alpha value is -2.11. The molecule has 120 valence electrons. The van der Waals surface area contributed by atoms with Crippen molar-refractivity contribution in [2.45, 2.75) is 11.8 Å². The fraction of sp³-hybridized carbons (Fsp3) is 0.222. The summed E-state index contributed by atoms with van der Waals surface area (Å²) in [5, 5.41) is 8.83. The van der Waals surface area contributed by atoms with Crippen LogP contribution in [0, 0.1) is 0 Å². The van der Waals surface area contributed by atoms with E-state index in [4.69, 9.17) is 9.84 Å². The molecule has 0 bridgehead atoms. The zero-order chi connectivity index (χ0) is 16.7. The van der Waals surface area contributed by atoms with Gasteiger partial charge in [0.15, 0.2) is 5.78 Å². The van der Waals surface area contributed by atoms with Gasteiger partial charge in [0.25, 0.3) is 0 Å². The minimum atomic E-state index is -0.494. The first-order valence-electron chi connectivity index (χ1n) is 7.32. The molecule has 0 unspecified atom stereocenters. The number of rotatable bonds is 7. The number of aliphatic hydroxyl groups excluding tert-OH is 1. The lowest BCUT2D eigenvalue weighted by Gasteiger charge is -2.08. The summed E-state index contributed by atoms with van der Waals surface area (Å²) in [5.41, 5.74) is 1.12. The standard InChI is InChI=1S/C18H18O4S/c1-2-22-18(21)16-6-4-3-5-15(16)17(20)13-7-9-14(10-8-13)23-12-11-19/h3-10,19H,2,11-12H2,1H3. The van der Waals surface area contributed by atoms with E-state index in [2.05, 4.69) is 0 Å². The highest BCUT2D eigenvalue weighted by atomic mass is 32.2. The van der Waals surface area contributed by atoms with Crippen LogP contribution in [0.15, 0.2) is 53.4 Å². The van der Waals surface area contributed by atoms with Gasteiger partial charge in [0.1, 0.15) is 0 Å². The Kier molecular flexibility index (Phi) is 6.38. The lowest BCUT2D eigenvalue weighted by molar-refractivity contribution is 0.0523. The van der Waals surface area contributed by atoms with Crippen LogP contribution >= 0.6 is 11.8 Å². The monoisotopic (exact) mass is 330 g/mol. The van der Waals surface area contributed by atoms with Gasteiger partial charge in [-0.1, -0.05) is 18.2 Å². The van der Waals surface area contributed by atoms with Crippen LogP contribution in [0.2, 0.25) is 0 Å². The highest BCUT2D eigenvalue weighted by Crippen LogP contribution is 2.21. The molecule has 0 spiro atoms. The van der Waals surface area contributed by atoms with Gasteiger partial charge in [-0.15, -0.1) is 11.8 Å². The van der Waals surface area contributed by atoms with Crippen LogP contribution in [0.1, 0.15) is 33.2 Å². The van der Waals surface area contributed by atoms with E-state index in [1.165, 1.54) is 11.8 Å². The smallest absolute Gasteiger partial charge is 0.338 e. The largest absolute Gasteiger partial charge is 0.462 e. The van der Waals surface area contributed by atoms with Gasteiger partial charge < -0.3 is 9.84 Å². The fourth-order valence-electron chi connectivity index (χ4n) is 2.09. The summed E-state index contributed by atoms with van der Waals surface area (Å²) in [7, 11) is 0. The van der Waals surface area contributed by atoms with E-state index in [1.807, 2.05) is 12.1 Å². The summed E-state index contributed by atoms with van der Waals surface area (Å²) in [4.78, 5) is 25.6. The van der Waals surface area contributed by atoms with Gasteiger partial charge in [-0.05, 0) is 37.3 Å². The Morgan fingerprint density at radius 3 is 2.30 bits per heavy atom. The molecule has 0 aromatic heterocycles. The third kappa shape index (κ3) is 4.43. The lowest BCUT2D eigenvalue weighted by Crippen LogP contribution is -2.12. The van der Waals surface area contributed by atoms with Crippen LogP contribution in [0.5, 0.6) is 0 Å². The quantitative estimate of drug-likeness (QED) is 0.480. The molecule has 23 heavy (non-hydrogen) atoms. The molecule has 0 aliphatic heterocycles. The molecule has 0 aliphatic carbocycles. The number of hydrogen-bond donors (Lipinski definition) is 1. The molecule has 0 atom stereocenters. The molecular formula is C18H18O4S. The molecule has 0 saturated heterocycles. The van der Waals surface area contributed by atoms with Crippen LogP contribution in [-0.4, -0.2) is 35.8 Å². The van der Waals surface area contributed by atoms with Crippen LogP contribution < -0.4 is 0 Å². The molecule has 2 aromatic rings. The number of thioether (sulfide) groups is 1. The second-order valence-corrected chi connectivity index (χ2v) is 5.86. The number of carbonyl (C=O) groups is 2. The average Bonchev–Trinajstić information content (AvgIpc) is 2.60. The SMILES string of the molecule is CCOC(=O)c1ccccc1C(=O)c1ccc(SCCO)cc1. The van der Waals surface area contributed by atoms with Crippen molar-refractivity contribution in [3.05, 3.63) is 65.2 Å². The fourth-order valence-corrected chi connectivity index (χ4v) is 2.75. The second-order valence-electron chi connectivity index (χ2n) is 4.69. The first-order chi connectivity index (χ1) is 11.2. The van der Waals surface area contributed by atoms with Crippen LogP contribution in [0.3, 0.4) is 0 Å². The Labute approximate surface area is 139 Å². The predicted octanol–water partition coefficient (Wildman–Crippen LogP) is 3.18. The van der Waals surface area contributed by atoms with E-state index in [1.54, 1.807) is 43.3 Å². The maximum absolute atomic E-state index is 12.6. The van der Waals surface area contributed by atoms with Crippen LogP contribution in [0.4, 0.5) is 0 Å². The summed E-state index contributed by atoms with van der Waals surface area (Å²) in [6.07, 6.45) is 0. The molecule has 0 radical (unpaired) electrons. The number of ketones is 1. The van der Waals surface area contributed by atoms with E-state index in [0.29, 0.717) is 16.9 Å². The van der Waals surface area contributed by atoms with Crippen molar-refractivity contribution in [1.29, 1.82) is 0 Å². The normalized spacial score (nSPS) is 10.3. The molecule has 0 heterocycles. The van der Waals surface area contributed by atoms with Crippen molar-refractivity contribution in [2.75, 3.05) is 19.0 Å². The van der Waals surface area contributed by atoms with Gasteiger partial charge in [-0.2, -0.15) is 0 Å². The number of ether oxygens (including phenoxy) is 1. The number of esters is 1. The Morgan fingerprint density at radius 1 is 1.04 bits per heavy atom. The van der Waals surface area contributed by atoms with Crippen molar-refractivity contribution in [3.63, 3.8) is 0 Å². The van der Waals surface area contributed by atoms with Gasteiger partial charge in [0, 0.05) is 21.8 Å². The average molecular weight is 330 g/mol. The van der Waals surface area contributed by atoms with Gasteiger partial charge in [0.2, 0.25) is 0 Å². The number of aliphatic hydroxyl groups is 1. The van der Waals surface area contributed by atoms with Crippen molar-refractivity contribution in [3.8, 4) is 0 Å². The van der Waals surface area contributed by atoms with E-state index in [-0.39, 0.29) is 24.6 Å². The van der Waals surface area contributed by atoms with Gasteiger partial charge in [0.05, 0.1) is 18.8 Å². The zero-order valence-electron chi connectivity index (χ0n) is 12.8. The Bertz CT molecular complexity index is 680. The first-order valence-corrected chi connectivity index (χ1v) is 8.30. The summed E-state index contributed by atoms with van der Waals surface area (Å²) in [6.45, 7) is 2.10. The minimum Gasteiger partial charge on any atom is -0.462 e. The Balaban J connectivity index is 2.25. The summed E-state index contributed by atoms with van der Waals surface area (Å²) in [6, 6.07) is 13.8. The van der Waals surface area contributed by atoms with Crippen molar-refractivity contribution >= 4 is 23.5 Å². The maximum Gasteiger partial charge on any atom is 0.338 e. The van der Waals surface area contributed by atoms with Crippen molar-refractivity contribution in [1.82, 2.24) is 0 Å². The second kappa shape index (κ2) is 8.50. The third-order valence-electron chi connectivity index (χ3n) is 3.14. The number of benzene rings is 2. The molecule has 0 fully saturated rings. The lowest BCUT2D eigenvalue weighted by atomic mass is 9.98. The Morgan fingerprint density at radius 2 is 1.70 bits per heavy atom. The highest BCUT2D eigenvalue weighted by molar-refractivity contribution is 7.99.